The van der Waals surface area contributed by atoms with E-state index >= 15 is 0 Å². The van der Waals surface area contributed by atoms with E-state index in [1.165, 1.54) is 0 Å². The Morgan fingerprint density at radius 3 is 2.29 bits per heavy atom. The molecule has 9 nitrogen and oxygen atoms in total. The van der Waals surface area contributed by atoms with Gasteiger partial charge in [0.1, 0.15) is 23.4 Å². The van der Waals surface area contributed by atoms with Gasteiger partial charge in [-0.1, -0.05) is 0 Å². The summed E-state index contributed by atoms with van der Waals surface area (Å²) in [5, 5.41) is 16.7. The number of aliphatic hydroxyl groups is 1. The molecule has 1 saturated heterocycles. The van der Waals surface area contributed by atoms with E-state index in [0.717, 1.165) is 19.5 Å². The maximum Gasteiger partial charge on any atom is 0.257 e. The fourth-order valence-corrected chi connectivity index (χ4v) is 3.32. The Morgan fingerprint density at radius 2 is 1.71 bits per heavy atom. The van der Waals surface area contributed by atoms with Crippen LogP contribution in [0.25, 0.3) is 0 Å². The fraction of sp³-hybridized carbons (Fsp3) is 0.320. The van der Waals surface area contributed by atoms with Gasteiger partial charge in [-0.15, -0.1) is 0 Å². The summed E-state index contributed by atoms with van der Waals surface area (Å²) in [5.74, 6) is 1.31. The van der Waals surface area contributed by atoms with Gasteiger partial charge >= 0.3 is 0 Å². The van der Waals surface area contributed by atoms with E-state index < -0.39 is 12.2 Å². The molecule has 178 valence electrons. The standard InChI is InChI=1S/C25H28N4O5/c1-16(30)17(2)33-21-13-19(24(31)26-23-9-12-28(3)27-23)14-22(15-21)34-20-7-5-18(6-8-20)25(32)29-10-4-11-29/h5-9,12-17,30H,4,10-11H2,1-3H3,(H,26,27,31)/t16-,17-/m1/s1. The van der Waals surface area contributed by atoms with Gasteiger partial charge in [0, 0.05) is 49.6 Å². The maximum atomic E-state index is 12.9. The van der Waals surface area contributed by atoms with Crippen LogP contribution in [0.15, 0.2) is 54.7 Å². The lowest BCUT2D eigenvalue weighted by molar-refractivity contribution is 0.0602. The van der Waals surface area contributed by atoms with Crippen LogP contribution < -0.4 is 14.8 Å². The van der Waals surface area contributed by atoms with Gasteiger partial charge in [-0.05, 0) is 56.7 Å². The number of hydrogen-bond donors (Lipinski definition) is 2. The third-order valence-electron chi connectivity index (χ3n) is 5.58. The molecule has 2 heterocycles. The SMILES string of the molecule is C[C@@H](O)[C@@H](C)Oc1cc(Oc2ccc(C(=O)N3CCC3)cc2)cc(C(=O)Nc2ccn(C)n2)c1. The molecular formula is C25H28N4O5. The third kappa shape index (κ3) is 5.55. The van der Waals surface area contributed by atoms with Crippen molar-refractivity contribution in [3.8, 4) is 17.2 Å². The van der Waals surface area contributed by atoms with Crippen molar-refractivity contribution >= 4 is 17.6 Å². The van der Waals surface area contributed by atoms with E-state index in [1.54, 1.807) is 85.2 Å². The number of rotatable bonds is 8. The highest BCUT2D eigenvalue weighted by Crippen LogP contribution is 2.29. The number of hydrogen-bond acceptors (Lipinski definition) is 6. The molecule has 2 atom stereocenters. The molecule has 2 aromatic carbocycles. The zero-order valence-corrected chi connectivity index (χ0v) is 19.4. The molecule has 1 aliphatic heterocycles. The van der Waals surface area contributed by atoms with Gasteiger partial charge < -0.3 is 24.8 Å². The Bertz CT molecular complexity index is 1170. The van der Waals surface area contributed by atoms with Gasteiger partial charge in [-0.25, -0.2) is 0 Å². The van der Waals surface area contributed by atoms with E-state index in [-0.39, 0.29) is 11.8 Å². The Kier molecular flexibility index (Phi) is 6.83. The zero-order valence-electron chi connectivity index (χ0n) is 19.4. The van der Waals surface area contributed by atoms with Gasteiger partial charge in [-0.3, -0.25) is 14.3 Å². The average Bonchev–Trinajstić information content (AvgIpc) is 3.17. The molecule has 0 aliphatic carbocycles. The number of anilines is 1. The van der Waals surface area contributed by atoms with Crippen LogP contribution in [0, 0.1) is 0 Å². The summed E-state index contributed by atoms with van der Waals surface area (Å²) in [7, 11) is 1.76. The number of nitrogens with one attached hydrogen (secondary N) is 1. The normalized spacial score (nSPS) is 14.6. The van der Waals surface area contributed by atoms with Crippen LogP contribution >= 0.6 is 0 Å². The Hall–Kier alpha value is -3.85. The first-order valence-electron chi connectivity index (χ1n) is 11.2. The summed E-state index contributed by atoms with van der Waals surface area (Å²) in [6.45, 7) is 4.94. The molecule has 0 radical (unpaired) electrons. The van der Waals surface area contributed by atoms with E-state index in [1.807, 2.05) is 0 Å². The highest BCUT2D eigenvalue weighted by molar-refractivity contribution is 6.04. The molecule has 34 heavy (non-hydrogen) atoms. The molecule has 1 aliphatic rings. The van der Waals surface area contributed by atoms with Crippen LogP contribution in [0.5, 0.6) is 17.2 Å². The molecule has 2 N–H and O–H groups in total. The number of aromatic nitrogens is 2. The van der Waals surface area contributed by atoms with Crippen LogP contribution in [0.3, 0.4) is 0 Å². The van der Waals surface area contributed by atoms with Crippen LogP contribution in [0.2, 0.25) is 0 Å². The van der Waals surface area contributed by atoms with Crippen molar-refractivity contribution in [3.63, 3.8) is 0 Å². The summed E-state index contributed by atoms with van der Waals surface area (Å²) < 4.78 is 13.4. The molecule has 0 spiro atoms. The van der Waals surface area contributed by atoms with E-state index in [2.05, 4.69) is 10.4 Å². The number of carbonyl (C=O) groups is 2. The molecule has 0 saturated carbocycles. The predicted molar refractivity (Wildman–Crippen MR) is 126 cm³/mol. The second kappa shape index (κ2) is 9.96. The van der Waals surface area contributed by atoms with Crippen molar-refractivity contribution in [2.24, 2.45) is 7.05 Å². The van der Waals surface area contributed by atoms with Gasteiger partial charge in [0.2, 0.25) is 0 Å². The molecule has 9 heteroatoms. The Balaban J connectivity index is 1.55. The van der Waals surface area contributed by atoms with E-state index in [0.29, 0.717) is 34.2 Å². The number of likely N-dealkylation sites (tertiary alicyclic amines) is 1. The number of benzene rings is 2. The number of ether oxygens (including phenoxy) is 2. The molecule has 1 fully saturated rings. The number of aliphatic hydroxyl groups excluding tert-OH is 1. The van der Waals surface area contributed by atoms with Gasteiger partial charge in [-0.2, -0.15) is 5.10 Å². The highest BCUT2D eigenvalue weighted by atomic mass is 16.5. The third-order valence-corrected chi connectivity index (χ3v) is 5.58. The summed E-state index contributed by atoms with van der Waals surface area (Å²) in [4.78, 5) is 27.0. The number of aryl methyl sites for hydroxylation is 1. The van der Waals surface area contributed by atoms with Crippen molar-refractivity contribution in [2.75, 3.05) is 18.4 Å². The molecular weight excluding hydrogens is 436 g/mol. The van der Waals surface area contributed by atoms with Crippen LogP contribution in [0.1, 0.15) is 41.0 Å². The molecule has 1 aromatic heterocycles. The van der Waals surface area contributed by atoms with Gasteiger partial charge in [0.25, 0.3) is 11.8 Å². The van der Waals surface area contributed by atoms with Crippen molar-refractivity contribution in [1.29, 1.82) is 0 Å². The Morgan fingerprint density at radius 1 is 1.00 bits per heavy atom. The quantitative estimate of drug-likeness (QED) is 0.529. The molecule has 3 aromatic rings. The monoisotopic (exact) mass is 464 g/mol. The maximum absolute atomic E-state index is 12.9. The number of carbonyl (C=O) groups excluding carboxylic acids is 2. The second-order valence-corrected chi connectivity index (χ2v) is 8.36. The highest BCUT2D eigenvalue weighted by Gasteiger charge is 2.21. The largest absolute Gasteiger partial charge is 0.488 e. The summed E-state index contributed by atoms with van der Waals surface area (Å²) in [5.41, 5.74) is 0.908. The molecule has 2 amide bonds. The molecule has 4 rings (SSSR count). The van der Waals surface area contributed by atoms with Gasteiger partial charge in [0.05, 0.1) is 6.10 Å². The minimum atomic E-state index is -0.702. The van der Waals surface area contributed by atoms with Crippen LogP contribution in [-0.2, 0) is 7.05 Å². The lowest BCUT2D eigenvalue weighted by atomic mass is 10.1. The lowest BCUT2D eigenvalue weighted by Crippen LogP contribution is -2.41. The minimum absolute atomic E-state index is 0.00814. The number of amides is 2. The summed E-state index contributed by atoms with van der Waals surface area (Å²) >= 11 is 0. The smallest absolute Gasteiger partial charge is 0.257 e. The van der Waals surface area contributed by atoms with Gasteiger partial charge in [0.15, 0.2) is 5.82 Å². The van der Waals surface area contributed by atoms with Crippen molar-refractivity contribution in [2.45, 2.75) is 32.5 Å². The predicted octanol–water partition coefficient (Wildman–Crippen LogP) is 3.46. The molecule has 0 unspecified atom stereocenters. The first-order chi connectivity index (χ1) is 16.3. The van der Waals surface area contributed by atoms with Crippen molar-refractivity contribution in [3.05, 3.63) is 65.9 Å². The van der Waals surface area contributed by atoms with Crippen LogP contribution in [0.4, 0.5) is 5.82 Å². The van der Waals surface area contributed by atoms with Crippen molar-refractivity contribution < 1.29 is 24.2 Å². The summed E-state index contributed by atoms with van der Waals surface area (Å²) in [6, 6.07) is 13.4. The Labute approximate surface area is 197 Å². The van der Waals surface area contributed by atoms with E-state index in [4.69, 9.17) is 9.47 Å². The minimum Gasteiger partial charge on any atom is -0.488 e. The van der Waals surface area contributed by atoms with E-state index in [9.17, 15) is 14.7 Å². The van der Waals surface area contributed by atoms with Crippen LogP contribution in [-0.4, -0.2) is 56.9 Å². The first kappa shape index (κ1) is 23.3. The summed E-state index contributed by atoms with van der Waals surface area (Å²) in [6.07, 6.45) is 1.57. The number of nitrogens with zero attached hydrogens (tertiary/aromatic N) is 3. The molecule has 0 bridgehead atoms. The lowest BCUT2D eigenvalue weighted by Gasteiger charge is -2.30. The van der Waals surface area contributed by atoms with Crippen molar-refractivity contribution in [1.82, 2.24) is 14.7 Å². The average molecular weight is 465 g/mol. The fourth-order valence-electron chi connectivity index (χ4n) is 3.32. The topological polar surface area (TPSA) is 106 Å². The first-order valence-corrected chi connectivity index (χ1v) is 11.2. The zero-order chi connectivity index (χ0) is 24.2. The second-order valence-electron chi connectivity index (χ2n) is 8.36.